The minimum absolute atomic E-state index is 0. The zero-order valence-electron chi connectivity index (χ0n) is 12.7. The standard InChI is InChI=1S/C14H28N4O.ClH/c1-14(2,13(15)19)18-9-7-17(8-10-18)11-12-3-5-16-6-4-12;/h12,16H,3-11H2,1-2H3,(H2,15,19);1H. The Balaban J connectivity index is 0.00000200. The summed E-state index contributed by atoms with van der Waals surface area (Å²) in [4.78, 5) is 16.2. The first-order valence-corrected chi connectivity index (χ1v) is 7.48. The Labute approximate surface area is 128 Å². The molecule has 2 rings (SSSR count). The second-order valence-electron chi connectivity index (χ2n) is 6.40. The zero-order valence-corrected chi connectivity index (χ0v) is 13.5. The van der Waals surface area contributed by atoms with Crippen LogP contribution in [0.4, 0.5) is 0 Å². The summed E-state index contributed by atoms with van der Waals surface area (Å²) in [5, 5.41) is 3.41. The molecule has 0 aromatic rings. The maximum absolute atomic E-state index is 11.5. The second-order valence-corrected chi connectivity index (χ2v) is 6.40. The van der Waals surface area contributed by atoms with Crippen LogP contribution >= 0.6 is 12.4 Å². The van der Waals surface area contributed by atoms with Crippen LogP contribution in [0.2, 0.25) is 0 Å². The summed E-state index contributed by atoms with van der Waals surface area (Å²) >= 11 is 0. The van der Waals surface area contributed by atoms with Gasteiger partial charge in [0.15, 0.2) is 0 Å². The molecule has 0 atom stereocenters. The van der Waals surface area contributed by atoms with Crippen LogP contribution in [0.25, 0.3) is 0 Å². The molecule has 20 heavy (non-hydrogen) atoms. The van der Waals surface area contributed by atoms with Gasteiger partial charge in [0.25, 0.3) is 0 Å². The third-order valence-electron chi connectivity index (χ3n) is 4.74. The molecule has 5 nitrogen and oxygen atoms in total. The van der Waals surface area contributed by atoms with E-state index in [1.54, 1.807) is 0 Å². The van der Waals surface area contributed by atoms with Crippen molar-refractivity contribution in [2.45, 2.75) is 32.2 Å². The highest BCUT2D eigenvalue weighted by molar-refractivity contribution is 5.85. The number of amides is 1. The van der Waals surface area contributed by atoms with Crippen molar-refractivity contribution in [3.8, 4) is 0 Å². The molecular weight excluding hydrogens is 276 g/mol. The Morgan fingerprint density at radius 1 is 1.20 bits per heavy atom. The number of rotatable bonds is 4. The average molecular weight is 305 g/mol. The first-order valence-electron chi connectivity index (χ1n) is 7.48. The summed E-state index contributed by atoms with van der Waals surface area (Å²) < 4.78 is 0. The lowest BCUT2D eigenvalue weighted by Crippen LogP contribution is -2.60. The molecule has 2 saturated heterocycles. The van der Waals surface area contributed by atoms with Gasteiger partial charge >= 0.3 is 0 Å². The van der Waals surface area contributed by atoms with Gasteiger partial charge in [0.1, 0.15) is 0 Å². The van der Waals surface area contributed by atoms with E-state index in [2.05, 4.69) is 15.1 Å². The van der Waals surface area contributed by atoms with Gasteiger partial charge in [0, 0.05) is 32.7 Å². The number of hydrogen-bond acceptors (Lipinski definition) is 4. The van der Waals surface area contributed by atoms with E-state index in [1.165, 1.54) is 32.5 Å². The first kappa shape index (κ1) is 17.7. The molecule has 3 N–H and O–H groups in total. The highest BCUT2D eigenvalue weighted by Gasteiger charge is 2.34. The molecule has 2 aliphatic heterocycles. The molecule has 0 unspecified atom stereocenters. The van der Waals surface area contributed by atoms with E-state index in [0.717, 1.165) is 32.1 Å². The van der Waals surface area contributed by atoms with Crippen LogP contribution in [0.3, 0.4) is 0 Å². The third kappa shape index (κ3) is 4.32. The number of piperazine rings is 1. The number of hydrogen-bond donors (Lipinski definition) is 2. The van der Waals surface area contributed by atoms with Crippen molar-refractivity contribution in [1.29, 1.82) is 0 Å². The van der Waals surface area contributed by atoms with E-state index >= 15 is 0 Å². The third-order valence-corrected chi connectivity index (χ3v) is 4.74. The van der Waals surface area contributed by atoms with Crippen molar-refractivity contribution in [2.75, 3.05) is 45.8 Å². The summed E-state index contributed by atoms with van der Waals surface area (Å²) in [7, 11) is 0. The first-order chi connectivity index (χ1) is 9.00. The molecule has 0 saturated carbocycles. The van der Waals surface area contributed by atoms with Gasteiger partial charge in [-0.25, -0.2) is 0 Å². The van der Waals surface area contributed by atoms with Crippen molar-refractivity contribution < 1.29 is 4.79 Å². The topological polar surface area (TPSA) is 61.6 Å². The number of nitrogens with two attached hydrogens (primary N) is 1. The smallest absolute Gasteiger partial charge is 0.237 e. The molecule has 0 aliphatic carbocycles. The van der Waals surface area contributed by atoms with E-state index in [0.29, 0.717) is 0 Å². The largest absolute Gasteiger partial charge is 0.368 e. The zero-order chi connectivity index (χ0) is 13.9. The highest BCUT2D eigenvalue weighted by Crippen LogP contribution is 2.19. The number of carbonyl (C=O) groups is 1. The molecule has 0 aromatic heterocycles. The van der Waals surface area contributed by atoms with Crippen molar-refractivity contribution >= 4 is 18.3 Å². The lowest BCUT2D eigenvalue weighted by molar-refractivity contribution is -0.129. The molecule has 0 radical (unpaired) electrons. The Morgan fingerprint density at radius 2 is 1.75 bits per heavy atom. The number of halogens is 1. The number of primary amides is 1. The fraction of sp³-hybridized carbons (Fsp3) is 0.929. The maximum Gasteiger partial charge on any atom is 0.237 e. The molecule has 2 fully saturated rings. The average Bonchev–Trinajstić information content (AvgIpc) is 2.40. The van der Waals surface area contributed by atoms with E-state index in [4.69, 9.17) is 5.73 Å². The van der Waals surface area contributed by atoms with Crippen molar-refractivity contribution in [3.63, 3.8) is 0 Å². The predicted molar refractivity (Wildman–Crippen MR) is 84.1 cm³/mol. The van der Waals surface area contributed by atoms with Crippen LogP contribution in [0, 0.1) is 5.92 Å². The number of piperidine rings is 1. The van der Waals surface area contributed by atoms with Gasteiger partial charge in [0.2, 0.25) is 5.91 Å². The van der Waals surface area contributed by atoms with Gasteiger partial charge in [-0.3, -0.25) is 9.69 Å². The van der Waals surface area contributed by atoms with E-state index in [1.807, 2.05) is 13.8 Å². The van der Waals surface area contributed by atoms with Gasteiger partial charge in [-0.1, -0.05) is 0 Å². The van der Waals surface area contributed by atoms with Gasteiger partial charge in [-0.2, -0.15) is 0 Å². The minimum Gasteiger partial charge on any atom is -0.368 e. The summed E-state index contributed by atoms with van der Waals surface area (Å²) in [6.45, 7) is 11.4. The number of carbonyl (C=O) groups excluding carboxylic acids is 1. The molecular formula is C14H29ClN4O. The number of nitrogens with one attached hydrogen (secondary N) is 1. The van der Waals surface area contributed by atoms with Gasteiger partial charge in [-0.05, 0) is 45.7 Å². The van der Waals surface area contributed by atoms with Crippen molar-refractivity contribution in [2.24, 2.45) is 11.7 Å². The van der Waals surface area contributed by atoms with E-state index in [-0.39, 0.29) is 18.3 Å². The summed E-state index contributed by atoms with van der Waals surface area (Å²) in [6, 6.07) is 0. The quantitative estimate of drug-likeness (QED) is 0.784. The molecule has 6 heteroatoms. The van der Waals surface area contributed by atoms with Crippen molar-refractivity contribution in [1.82, 2.24) is 15.1 Å². The van der Waals surface area contributed by atoms with Gasteiger partial charge < -0.3 is 16.0 Å². The van der Waals surface area contributed by atoms with E-state index < -0.39 is 5.54 Å². The molecule has 0 bridgehead atoms. The van der Waals surface area contributed by atoms with Crippen LogP contribution in [0.5, 0.6) is 0 Å². The van der Waals surface area contributed by atoms with Crippen LogP contribution in [-0.2, 0) is 4.79 Å². The monoisotopic (exact) mass is 304 g/mol. The Morgan fingerprint density at radius 3 is 2.25 bits per heavy atom. The SMILES string of the molecule is CC(C)(C(N)=O)N1CCN(CC2CCNCC2)CC1.Cl. The Bertz CT molecular complexity index is 310. The summed E-state index contributed by atoms with van der Waals surface area (Å²) in [6.07, 6.45) is 2.60. The highest BCUT2D eigenvalue weighted by atomic mass is 35.5. The lowest BCUT2D eigenvalue weighted by Gasteiger charge is -2.43. The van der Waals surface area contributed by atoms with Crippen molar-refractivity contribution in [3.05, 3.63) is 0 Å². The number of nitrogens with zero attached hydrogens (tertiary/aromatic N) is 2. The van der Waals surface area contributed by atoms with Crippen LogP contribution in [-0.4, -0.2) is 67.1 Å². The molecule has 2 heterocycles. The molecule has 2 aliphatic rings. The normalized spacial score (nSPS) is 23.3. The van der Waals surface area contributed by atoms with Gasteiger partial charge in [-0.15, -0.1) is 12.4 Å². The van der Waals surface area contributed by atoms with Crippen LogP contribution < -0.4 is 11.1 Å². The Kier molecular flexibility index (Phi) is 6.72. The maximum atomic E-state index is 11.5. The molecule has 0 aromatic carbocycles. The lowest BCUT2D eigenvalue weighted by atomic mass is 9.96. The minimum atomic E-state index is -0.513. The Hall–Kier alpha value is -0.360. The van der Waals surface area contributed by atoms with Crippen LogP contribution in [0.15, 0.2) is 0 Å². The van der Waals surface area contributed by atoms with Crippen LogP contribution in [0.1, 0.15) is 26.7 Å². The molecule has 1 amide bonds. The second kappa shape index (κ2) is 7.59. The fourth-order valence-electron chi connectivity index (χ4n) is 3.07. The fourth-order valence-corrected chi connectivity index (χ4v) is 3.07. The van der Waals surface area contributed by atoms with E-state index in [9.17, 15) is 4.79 Å². The van der Waals surface area contributed by atoms with Gasteiger partial charge in [0.05, 0.1) is 5.54 Å². The molecule has 0 spiro atoms. The summed E-state index contributed by atoms with van der Waals surface area (Å²) in [5.74, 6) is 0.622. The summed E-state index contributed by atoms with van der Waals surface area (Å²) in [5.41, 5.74) is 4.97. The predicted octanol–water partition coefficient (Wildman–Crippen LogP) is 0.289. The molecule has 118 valence electrons.